The van der Waals surface area contributed by atoms with E-state index < -0.39 is 0 Å². The van der Waals surface area contributed by atoms with E-state index in [0.29, 0.717) is 0 Å². The van der Waals surface area contributed by atoms with E-state index in [1.807, 2.05) is 23.7 Å². The minimum atomic E-state index is -0.0577. The van der Waals surface area contributed by atoms with Gasteiger partial charge in [0, 0.05) is 13.0 Å². The first-order valence-electron chi connectivity index (χ1n) is 5.88. The molecule has 0 saturated heterocycles. The first-order chi connectivity index (χ1) is 8.67. The van der Waals surface area contributed by atoms with Crippen LogP contribution in [0.15, 0.2) is 27.3 Å². The predicted octanol–water partition coefficient (Wildman–Crippen LogP) is 2.31. The Labute approximate surface area is 114 Å². The molecule has 0 aliphatic carbocycles. The minimum absolute atomic E-state index is 0.0577. The van der Waals surface area contributed by atoms with E-state index >= 15 is 0 Å². The van der Waals surface area contributed by atoms with Crippen LogP contribution in [-0.2, 0) is 13.0 Å². The van der Waals surface area contributed by atoms with Gasteiger partial charge in [0.1, 0.15) is 5.76 Å². The zero-order valence-electron chi connectivity index (χ0n) is 10.5. The summed E-state index contributed by atoms with van der Waals surface area (Å²) in [6, 6.07) is 3.72. The minimum Gasteiger partial charge on any atom is -0.468 e. The number of hydrogen-bond donors (Lipinski definition) is 2. The summed E-state index contributed by atoms with van der Waals surface area (Å²) < 4.78 is 8.41. The summed E-state index contributed by atoms with van der Waals surface area (Å²) in [5.41, 5.74) is 4.89. The number of halogens is 1. The van der Waals surface area contributed by atoms with Crippen molar-refractivity contribution < 1.29 is 4.42 Å². The van der Waals surface area contributed by atoms with Crippen molar-refractivity contribution in [3.8, 4) is 0 Å². The van der Waals surface area contributed by atoms with Crippen LogP contribution in [0.2, 0.25) is 0 Å². The SMILES string of the molecule is CCn1nc(C)c(Br)c1CC(NN)c1ccco1. The molecular weight excluding hydrogens is 296 g/mol. The van der Waals surface area contributed by atoms with Crippen LogP contribution >= 0.6 is 15.9 Å². The van der Waals surface area contributed by atoms with Crippen LogP contribution in [0.25, 0.3) is 0 Å². The molecule has 0 saturated carbocycles. The number of hydrogen-bond acceptors (Lipinski definition) is 4. The van der Waals surface area contributed by atoms with E-state index in [1.54, 1.807) is 6.26 Å². The molecule has 5 nitrogen and oxygen atoms in total. The summed E-state index contributed by atoms with van der Waals surface area (Å²) in [5.74, 6) is 6.43. The van der Waals surface area contributed by atoms with E-state index in [9.17, 15) is 0 Å². The molecule has 0 bridgehead atoms. The topological polar surface area (TPSA) is 69.0 Å². The van der Waals surface area contributed by atoms with Gasteiger partial charge in [0.05, 0.1) is 28.2 Å². The normalized spacial score (nSPS) is 12.9. The lowest BCUT2D eigenvalue weighted by molar-refractivity contribution is 0.407. The molecule has 0 radical (unpaired) electrons. The summed E-state index contributed by atoms with van der Waals surface area (Å²) in [6.07, 6.45) is 2.37. The average Bonchev–Trinajstić information content (AvgIpc) is 2.98. The molecule has 1 unspecified atom stereocenters. The lowest BCUT2D eigenvalue weighted by Gasteiger charge is -2.14. The molecule has 0 spiro atoms. The second-order valence-electron chi connectivity index (χ2n) is 4.10. The van der Waals surface area contributed by atoms with Gasteiger partial charge in [-0.15, -0.1) is 0 Å². The summed E-state index contributed by atoms with van der Waals surface area (Å²) in [4.78, 5) is 0. The predicted molar refractivity (Wildman–Crippen MR) is 72.8 cm³/mol. The van der Waals surface area contributed by atoms with E-state index in [1.165, 1.54) is 0 Å². The Morgan fingerprint density at radius 2 is 2.39 bits per heavy atom. The van der Waals surface area contributed by atoms with E-state index in [4.69, 9.17) is 10.3 Å². The zero-order valence-corrected chi connectivity index (χ0v) is 12.1. The molecule has 2 heterocycles. The average molecular weight is 313 g/mol. The van der Waals surface area contributed by atoms with Crippen molar-refractivity contribution in [3.63, 3.8) is 0 Å². The molecule has 98 valence electrons. The van der Waals surface area contributed by atoms with Crippen LogP contribution in [0.5, 0.6) is 0 Å². The number of rotatable bonds is 5. The molecular formula is C12H17BrN4O. The Kier molecular flexibility index (Phi) is 4.21. The molecule has 2 aromatic rings. The highest BCUT2D eigenvalue weighted by molar-refractivity contribution is 9.10. The van der Waals surface area contributed by atoms with Crippen molar-refractivity contribution in [3.05, 3.63) is 40.0 Å². The van der Waals surface area contributed by atoms with Crippen molar-refractivity contribution >= 4 is 15.9 Å². The van der Waals surface area contributed by atoms with Crippen molar-refractivity contribution in [2.24, 2.45) is 5.84 Å². The second-order valence-corrected chi connectivity index (χ2v) is 4.89. The number of nitrogens with one attached hydrogen (secondary N) is 1. The molecule has 2 aromatic heterocycles. The first-order valence-corrected chi connectivity index (χ1v) is 6.68. The second kappa shape index (κ2) is 5.69. The van der Waals surface area contributed by atoms with Crippen molar-refractivity contribution in [1.29, 1.82) is 0 Å². The summed E-state index contributed by atoms with van der Waals surface area (Å²) in [5, 5.41) is 4.47. The van der Waals surface area contributed by atoms with Crippen molar-refractivity contribution in [2.45, 2.75) is 32.9 Å². The molecule has 0 aliphatic heterocycles. The fraction of sp³-hybridized carbons (Fsp3) is 0.417. The number of hydrazine groups is 1. The monoisotopic (exact) mass is 312 g/mol. The molecule has 18 heavy (non-hydrogen) atoms. The van der Waals surface area contributed by atoms with E-state index in [0.717, 1.165) is 34.6 Å². The third-order valence-corrected chi connectivity index (χ3v) is 3.97. The Balaban J connectivity index is 2.27. The quantitative estimate of drug-likeness (QED) is 0.656. The summed E-state index contributed by atoms with van der Waals surface area (Å²) in [7, 11) is 0. The van der Waals surface area contributed by atoms with Gasteiger partial charge >= 0.3 is 0 Å². The van der Waals surface area contributed by atoms with Gasteiger partial charge in [-0.05, 0) is 41.9 Å². The molecule has 6 heteroatoms. The van der Waals surface area contributed by atoms with Gasteiger partial charge in [0.25, 0.3) is 0 Å². The van der Waals surface area contributed by atoms with Crippen LogP contribution < -0.4 is 11.3 Å². The zero-order chi connectivity index (χ0) is 13.1. The fourth-order valence-corrected chi connectivity index (χ4v) is 2.43. The van der Waals surface area contributed by atoms with E-state index in [2.05, 4.69) is 33.4 Å². The molecule has 0 amide bonds. The summed E-state index contributed by atoms with van der Waals surface area (Å²) in [6.45, 7) is 4.88. The molecule has 0 aromatic carbocycles. The lowest BCUT2D eigenvalue weighted by atomic mass is 10.1. The molecule has 0 aliphatic rings. The van der Waals surface area contributed by atoms with Gasteiger partial charge in [0.2, 0.25) is 0 Å². The summed E-state index contributed by atoms with van der Waals surface area (Å²) >= 11 is 3.58. The van der Waals surface area contributed by atoms with Crippen LogP contribution in [-0.4, -0.2) is 9.78 Å². The van der Waals surface area contributed by atoms with Crippen molar-refractivity contribution in [2.75, 3.05) is 0 Å². The maximum absolute atomic E-state index is 5.61. The van der Waals surface area contributed by atoms with Crippen LogP contribution in [0.1, 0.15) is 30.1 Å². The highest BCUT2D eigenvalue weighted by Gasteiger charge is 2.19. The van der Waals surface area contributed by atoms with Crippen LogP contribution in [0, 0.1) is 6.92 Å². The fourth-order valence-electron chi connectivity index (χ4n) is 1.99. The highest BCUT2D eigenvalue weighted by atomic mass is 79.9. The maximum atomic E-state index is 5.61. The Hall–Kier alpha value is -1.11. The smallest absolute Gasteiger partial charge is 0.122 e. The van der Waals surface area contributed by atoms with Gasteiger partial charge in [0.15, 0.2) is 0 Å². The first kappa shape index (κ1) is 13.3. The van der Waals surface area contributed by atoms with Gasteiger partial charge in [-0.25, -0.2) is 5.43 Å². The third-order valence-electron chi connectivity index (χ3n) is 2.94. The Bertz CT molecular complexity index is 506. The number of aromatic nitrogens is 2. The number of nitrogens with two attached hydrogens (primary N) is 1. The third kappa shape index (κ3) is 2.50. The van der Waals surface area contributed by atoms with Crippen LogP contribution in [0.3, 0.4) is 0 Å². The van der Waals surface area contributed by atoms with Crippen LogP contribution in [0.4, 0.5) is 0 Å². The van der Waals surface area contributed by atoms with E-state index in [-0.39, 0.29) is 6.04 Å². The van der Waals surface area contributed by atoms with Crippen molar-refractivity contribution in [1.82, 2.24) is 15.2 Å². The van der Waals surface area contributed by atoms with Gasteiger partial charge < -0.3 is 4.42 Å². The lowest BCUT2D eigenvalue weighted by Crippen LogP contribution is -2.30. The number of aryl methyl sites for hydroxylation is 2. The molecule has 1 atom stereocenters. The number of furan rings is 1. The standard InChI is InChI=1S/C12H17BrN4O/c1-3-17-10(12(13)8(2)16-17)7-9(15-14)11-5-4-6-18-11/h4-6,9,15H,3,7,14H2,1-2H3. The molecule has 2 rings (SSSR count). The Morgan fingerprint density at radius 3 is 2.94 bits per heavy atom. The van der Waals surface area contributed by atoms with Gasteiger partial charge in [-0.1, -0.05) is 0 Å². The molecule has 0 fully saturated rings. The van der Waals surface area contributed by atoms with Gasteiger partial charge in [-0.3, -0.25) is 10.5 Å². The number of nitrogens with zero attached hydrogens (tertiary/aromatic N) is 2. The highest BCUT2D eigenvalue weighted by Crippen LogP contribution is 2.26. The largest absolute Gasteiger partial charge is 0.468 e. The Morgan fingerprint density at radius 1 is 1.61 bits per heavy atom. The molecule has 3 N–H and O–H groups in total. The maximum Gasteiger partial charge on any atom is 0.122 e. The van der Waals surface area contributed by atoms with Gasteiger partial charge in [-0.2, -0.15) is 5.10 Å².